The molecule has 2 atom stereocenters. The lowest BCUT2D eigenvalue weighted by atomic mass is 9.97. The SMILES string of the molecule is CN1Cc2ccc(-c3c(F)cc4c(=O)c(C(=O)O)cn(C5CC5F)c4c3OC(F)F)cc2C1. The summed E-state index contributed by atoms with van der Waals surface area (Å²) in [6.07, 6.45) is -0.446. The van der Waals surface area contributed by atoms with Crippen molar-refractivity contribution in [2.75, 3.05) is 7.05 Å². The number of halogens is 4. The van der Waals surface area contributed by atoms with Crippen molar-refractivity contribution in [3.05, 3.63) is 63.2 Å². The predicted molar refractivity (Wildman–Crippen MR) is 111 cm³/mol. The number of nitrogens with zero attached hydrogens (tertiary/aromatic N) is 2. The van der Waals surface area contributed by atoms with Gasteiger partial charge in [-0.1, -0.05) is 12.1 Å². The Morgan fingerprint density at radius 3 is 2.55 bits per heavy atom. The van der Waals surface area contributed by atoms with E-state index in [0.29, 0.717) is 13.1 Å². The number of carbonyl (C=O) groups is 1. The average molecular weight is 462 g/mol. The lowest BCUT2D eigenvalue weighted by Crippen LogP contribution is -2.20. The molecule has 2 heterocycles. The number of hydrogen-bond donors (Lipinski definition) is 1. The number of aromatic nitrogens is 1. The van der Waals surface area contributed by atoms with Crippen LogP contribution in [-0.4, -0.2) is 40.4 Å². The molecule has 5 rings (SSSR count). The molecule has 0 spiro atoms. The Labute approximate surface area is 184 Å². The molecule has 1 N–H and O–H groups in total. The number of hydrogen-bond acceptors (Lipinski definition) is 4. The van der Waals surface area contributed by atoms with Gasteiger partial charge >= 0.3 is 12.6 Å². The van der Waals surface area contributed by atoms with Crippen molar-refractivity contribution in [2.24, 2.45) is 0 Å². The first-order valence-electron chi connectivity index (χ1n) is 10.2. The molecule has 1 aliphatic heterocycles. The fourth-order valence-corrected chi connectivity index (χ4v) is 4.50. The molecule has 1 aliphatic carbocycles. The fraction of sp³-hybridized carbons (Fsp3) is 0.304. The summed E-state index contributed by atoms with van der Waals surface area (Å²) in [6, 6.07) is 4.94. The maximum absolute atomic E-state index is 15.4. The molecule has 2 aliphatic rings. The van der Waals surface area contributed by atoms with Gasteiger partial charge in [0.15, 0.2) is 5.75 Å². The Hall–Kier alpha value is -3.40. The zero-order chi connectivity index (χ0) is 23.6. The van der Waals surface area contributed by atoms with Crippen LogP contribution in [0.4, 0.5) is 17.6 Å². The van der Waals surface area contributed by atoms with Gasteiger partial charge in [0.25, 0.3) is 0 Å². The summed E-state index contributed by atoms with van der Waals surface area (Å²) in [5.74, 6) is -3.24. The van der Waals surface area contributed by atoms with Gasteiger partial charge in [-0.25, -0.2) is 13.6 Å². The number of ether oxygens (including phenoxy) is 1. The van der Waals surface area contributed by atoms with Gasteiger partial charge in [-0.3, -0.25) is 9.69 Å². The normalized spacial score (nSPS) is 19.8. The van der Waals surface area contributed by atoms with Crippen LogP contribution in [-0.2, 0) is 13.1 Å². The van der Waals surface area contributed by atoms with Crippen LogP contribution in [0.25, 0.3) is 22.0 Å². The Morgan fingerprint density at radius 1 is 1.21 bits per heavy atom. The number of rotatable bonds is 5. The highest BCUT2D eigenvalue weighted by Crippen LogP contribution is 2.46. The minimum Gasteiger partial charge on any atom is -0.477 e. The Morgan fingerprint density at radius 2 is 1.91 bits per heavy atom. The minimum absolute atomic E-state index is 0.00301. The highest BCUT2D eigenvalue weighted by molar-refractivity contribution is 5.98. The van der Waals surface area contributed by atoms with Crippen molar-refractivity contribution in [2.45, 2.75) is 38.3 Å². The molecular weight excluding hydrogens is 444 g/mol. The number of carboxylic acid groups (broad SMARTS) is 1. The van der Waals surface area contributed by atoms with E-state index < -0.39 is 52.7 Å². The largest absolute Gasteiger partial charge is 0.477 e. The molecule has 10 heteroatoms. The molecule has 3 aromatic rings. The fourth-order valence-electron chi connectivity index (χ4n) is 4.50. The van der Waals surface area contributed by atoms with Crippen LogP contribution >= 0.6 is 0 Å². The third kappa shape index (κ3) is 3.54. The minimum atomic E-state index is -3.36. The lowest BCUT2D eigenvalue weighted by molar-refractivity contribution is -0.0487. The molecule has 1 fully saturated rings. The standard InChI is InChI=1S/C23H18F4N2O4/c1-28-7-11-3-2-10(4-12(11)8-28)18-16(25)5-13-19(21(18)33-23(26)27)29(17-6-15(17)24)9-14(20(13)30)22(31)32/h2-5,9,15,17,23H,6-8H2,1H3,(H,31,32). The summed E-state index contributed by atoms with van der Waals surface area (Å²) in [6.45, 7) is -2.09. The molecule has 1 aromatic heterocycles. The third-order valence-electron chi connectivity index (χ3n) is 6.07. The van der Waals surface area contributed by atoms with Crippen LogP contribution in [0.1, 0.15) is 33.9 Å². The van der Waals surface area contributed by atoms with E-state index in [0.717, 1.165) is 28.0 Å². The van der Waals surface area contributed by atoms with Crippen molar-refractivity contribution in [1.82, 2.24) is 9.47 Å². The first kappa shape index (κ1) is 21.4. The van der Waals surface area contributed by atoms with E-state index in [1.807, 2.05) is 11.9 Å². The van der Waals surface area contributed by atoms with Gasteiger partial charge in [-0.15, -0.1) is 0 Å². The smallest absolute Gasteiger partial charge is 0.387 e. The lowest BCUT2D eigenvalue weighted by Gasteiger charge is -2.19. The zero-order valence-corrected chi connectivity index (χ0v) is 17.3. The summed E-state index contributed by atoms with van der Waals surface area (Å²) < 4.78 is 62.1. The van der Waals surface area contributed by atoms with Gasteiger partial charge in [0, 0.05) is 25.7 Å². The van der Waals surface area contributed by atoms with E-state index in [9.17, 15) is 27.9 Å². The number of alkyl halides is 3. The van der Waals surface area contributed by atoms with Crippen molar-refractivity contribution < 1.29 is 32.2 Å². The van der Waals surface area contributed by atoms with E-state index in [-0.39, 0.29) is 23.1 Å². The second-order valence-electron chi connectivity index (χ2n) is 8.40. The molecule has 33 heavy (non-hydrogen) atoms. The maximum atomic E-state index is 15.4. The molecule has 6 nitrogen and oxygen atoms in total. The number of pyridine rings is 1. The first-order chi connectivity index (χ1) is 15.7. The van der Waals surface area contributed by atoms with E-state index >= 15 is 4.39 Å². The topological polar surface area (TPSA) is 71.8 Å². The molecule has 0 amide bonds. The third-order valence-corrected chi connectivity index (χ3v) is 6.07. The Balaban J connectivity index is 1.85. The number of fused-ring (bicyclic) bond motifs is 2. The second kappa shape index (κ2) is 7.58. The molecular formula is C23H18F4N2O4. The van der Waals surface area contributed by atoms with Gasteiger partial charge in [0.2, 0.25) is 5.43 Å². The van der Waals surface area contributed by atoms with Crippen LogP contribution in [0.5, 0.6) is 5.75 Å². The Bertz CT molecular complexity index is 1370. The predicted octanol–water partition coefficient (Wildman–Crippen LogP) is 4.34. The number of carboxylic acids is 1. The van der Waals surface area contributed by atoms with E-state index in [1.165, 1.54) is 0 Å². The maximum Gasteiger partial charge on any atom is 0.387 e. The van der Waals surface area contributed by atoms with Crippen molar-refractivity contribution in [3.8, 4) is 16.9 Å². The van der Waals surface area contributed by atoms with E-state index in [1.54, 1.807) is 18.2 Å². The van der Waals surface area contributed by atoms with E-state index in [2.05, 4.69) is 0 Å². The van der Waals surface area contributed by atoms with Gasteiger partial charge in [0.05, 0.1) is 22.5 Å². The molecule has 2 aromatic carbocycles. The molecule has 0 bridgehead atoms. The van der Waals surface area contributed by atoms with Crippen LogP contribution < -0.4 is 10.2 Å². The van der Waals surface area contributed by atoms with Gasteiger partial charge in [-0.05, 0) is 35.9 Å². The summed E-state index contributed by atoms with van der Waals surface area (Å²) in [5, 5.41) is 8.92. The van der Waals surface area contributed by atoms with Crippen molar-refractivity contribution in [3.63, 3.8) is 0 Å². The summed E-state index contributed by atoms with van der Waals surface area (Å²) in [4.78, 5) is 26.4. The molecule has 0 saturated heterocycles. The van der Waals surface area contributed by atoms with Crippen molar-refractivity contribution >= 4 is 16.9 Å². The van der Waals surface area contributed by atoms with Crippen molar-refractivity contribution in [1.29, 1.82) is 0 Å². The molecule has 0 radical (unpaired) electrons. The quantitative estimate of drug-likeness (QED) is 0.572. The van der Waals surface area contributed by atoms with E-state index in [4.69, 9.17) is 4.74 Å². The first-order valence-corrected chi connectivity index (χ1v) is 10.2. The summed E-state index contributed by atoms with van der Waals surface area (Å²) in [5.41, 5.74) is -0.172. The van der Waals surface area contributed by atoms with Crippen LogP contribution in [0.3, 0.4) is 0 Å². The summed E-state index contributed by atoms with van der Waals surface area (Å²) >= 11 is 0. The number of aromatic carboxylic acids is 1. The van der Waals surface area contributed by atoms with Crippen LogP contribution in [0, 0.1) is 5.82 Å². The van der Waals surface area contributed by atoms with Crippen LogP contribution in [0.2, 0.25) is 0 Å². The van der Waals surface area contributed by atoms with Gasteiger partial charge in [0.1, 0.15) is 17.6 Å². The molecule has 1 saturated carbocycles. The highest BCUT2D eigenvalue weighted by atomic mass is 19.3. The van der Waals surface area contributed by atoms with Crippen LogP contribution in [0.15, 0.2) is 35.3 Å². The summed E-state index contributed by atoms with van der Waals surface area (Å²) in [7, 11) is 1.91. The number of benzene rings is 2. The Kier molecular flexibility index (Phi) is 4.93. The monoisotopic (exact) mass is 462 g/mol. The average Bonchev–Trinajstić information content (AvgIpc) is 3.33. The second-order valence-corrected chi connectivity index (χ2v) is 8.40. The molecule has 2 unspecified atom stereocenters. The molecule has 172 valence electrons. The highest BCUT2D eigenvalue weighted by Gasteiger charge is 2.41. The van der Waals surface area contributed by atoms with Gasteiger partial charge in [-0.2, -0.15) is 8.78 Å². The van der Waals surface area contributed by atoms with Gasteiger partial charge < -0.3 is 14.4 Å². The zero-order valence-electron chi connectivity index (χ0n) is 17.3.